The lowest BCUT2D eigenvalue weighted by Gasteiger charge is -2.13. The number of hydrogen-bond acceptors (Lipinski definition) is 2. The first kappa shape index (κ1) is 14.8. The highest BCUT2D eigenvalue weighted by molar-refractivity contribution is 6.26. The molecule has 0 aliphatic heterocycles. The first-order chi connectivity index (χ1) is 9.85. The van der Waals surface area contributed by atoms with E-state index >= 15 is 0 Å². The summed E-state index contributed by atoms with van der Waals surface area (Å²) in [6.07, 6.45) is 0.911. The van der Waals surface area contributed by atoms with Crippen LogP contribution < -0.4 is 4.74 Å². The standard InChI is InChI=1S/C17H22O2Si/c1-3-19-20-13-16-11-7-10-15(17(16)18-2)12-14-8-5-4-6-9-14/h4-11H,3,12-13,20H2,1-2H3. The Labute approximate surface area is 123 Å². The fraction of sp³-hybridized carbons (Fsp3) is 0.294. The molecular formula is C17H22O2Si. The maximum Gasteiger partial charge on any atom is 0.165 e. The van der Waals surface area contributed by atoms with Crippen molar-refractivity contribution in [1.29, 1.82) is 0 Å². The lowest BCUT2D eigenvalue weighted by Crippen LogP contribution is -2.05. The second-order valence-electron chi connectivity index (χ2n) is 4.72. The summed E-state index contributed by atoms with van der Waals surface area (Å²) in [5.74, 6) is 1.03. The van der Waals surface area contributed by atoms with E-state index in [2.05, 4.69) is 49.4 Å². The van der Waals surface area contributed by atoms with Crippen LogP contribution in [0.5, 0.6) is 5.75 Å². The lowest BCUT2D eigenvalue weighted by molar-refractivity contribution is 0.358. The molecule has 3 heteroatoms. The van der Waals surface area contributed by atoms with E-state index in [1.807, 2.05) is 6.07 Å². The van der Waals surface area contributed by atoms with Gasteiger partial charge >= 0.3 is 0 Å². The topological polar surface area (TPSA) is 18.5 Å². The number of methoxy groups -OCH3 is 1. The van der Waals surface area contributed by atoms with Crippen molar-refractivity contribution in [2.24, 2.45) is 0 Å². The number of hydrogen-bond donors (Lipinski definition) is 0. The van der Waals surface area contributed by atoms with Crippen LogP contribution in [0.3, 0.4) is 0 Å². The molecule has 0 spiro atoms. The molecular weight excluding hydrogens is 264 g/mol. The Morgan fingerprint density at radius 1 is 0.950 bits per heavy atom. The van der Waals surface area contributed by atoms with Gasteiger partial charge < -0.3 is 9.16 Å². The molecule has 2 aromatic carbocycles. The average Bonchev–Trinajstić information content (AvgIpc) is 2.49. The Balaban J connectivity index is 2.18. The monoisotopic (exact) mass is 286 g/mol. The number of para-hydroxylation sites is 1. The van der Waals surface area contributed by atoms with E-state index in [4.69, 9.17) is 9.16 Å². The van der Waals surface area contributed by atoms with Crippen molar-refractivity contribution >= 4 is 9.76 Å². The number of ether oxygens (including phenoxy) is 1. The van der Waals surface area contributed by atoms with E-state index in [0.717, 1.165) is 24.8 Å². The zero-order valence-corrected chi connectivity index (χ0v) is 13.7. The summed E-state index contributed by atoms with van der Waals surface area (Å²) < 4.78 is 11.2. The summed E-state index contributed by atoms with van der Waals surface area (Å²) in [5.41, 5.74) is 3.84. The molecule has 0 saturated carbocycles. The fourth-order valence-electron chi connectivity index (χ4n) is 2.38. The Morgan fingerprint density at radius 3 is 2.40 bits per heavy atom. The van der Waals surface area contributed by atoms with Gasteiger partial charge in [-0.05, 0) is 29.7 Å². The van der Waals surface area contributed by atoms with Crippen LogP contribution in [0.1, 0.15) is 23.6 Å². The molecule has 0 amide bonds. The van der Waals surface area contributed by atoms with Crippen LogP contribution in [-0.4, -0.2) is 23.5 Å². The summed E-state index contributed by atoms with van der Waals surface area (Å²) >= 11 is 0. The van der Waals surface area contributed by atoms with Crippen molar-refractivity contribution in [2.45, 2.75) is 19.4 Å². The van der Waals surface area contributed by atoms with Crippen molar-refractivity contribution in [1.82, 2.24) is 0 Å². The zero-order valence-electron chi connectivity index (χ0n) is 12.3. The molecule has 20 heavy (non-hydrogen) atoms. The van der Waals surface area contributed by atoms with E-state index < -0.39 is 9.76 Å². The predicted molar refractivity (Wildman–Crippen MR) is 86.1 cm³/mol. The quantitative estimate of drug-likeness (QED) is 0.575. The number of benzene rings is 2. The molecule has 2 aromatic rings. The Kier molecular flexibility index (Phi) is 5.83. The van der Waals surface area contributed by atoms with E-state index in [1.54, 1.807) is 7.11 Å². The van der Waals surface area contributed by atoms with Gasteiger partial charge in [0.1, 0.15) is 5.75 Å². The third-order valence-corrected chi connectivity index (χ3v) is 4.78. The van der Waals surface area contributed by atoms with Crippen molar-refractivity contribution in [3.05, 3.63) is 65.2 Å². The summed E-state index contributed by atoms with van der Waals surface area (Å²) in [6, 6.07) is 18.0. The van der Waals surface area contributed by atoms with Crippen LogP contribution in [0.2, 0.25) is 0 Å². The normalized spacial score (nSPS) is 11.1. The zero-order chi connectivity index (χ0) is 14.2. The van der Waals surface area contributed by atoms with Gasteiger partial charge in [-0.15, -0.1) is 0 Å². The number of rotatable bonds is 7. The summed E-state index contributed by atoms with van der Waals surface area (Å²) in [6.45, 7) is 2.87. The Morgan fingerprint density at radius 2 is 1.70 bits per heavy atom. The Bertz CT molecular complexity index is 526. The van der Waals surface area contributed by atoms with Crippen molar-refractivity contribution in [3.63, 3.8) is 0 Å². The van der Waals surface area contributed by atoms with Gasteiger partial charge in [-0.3, -0.25) is 0 Å². The first-order valence-electron chi connectivity index (χ1n) is 7.11. The summed E-state index contributed by atoms with van der Waals surface area (Å²) in [4.78, 5) is 0. The molecule has 0 bridgehead atoms. The van der Waals surface area contributed by atoms with E-state index in [9.17, 15) is 0 Å². The van der Waals surface area contributed by atoms with Gasteiger partial charge in [-0.2, -0.15) is 0 Å². The predicted octanol–water partition coefficient (Wildman–Crippen LogP) is 2.91. The fourth-order valence-corrected chi connectivity index (χ4v) is 3.43. The minimum Gasteiger partial charge on any atom is -0.496 e. The molecule has 0 atom stereocenters. The van der Waals surface area contributed by atoms with Crippen LogP contribution in [0.25, 0.3) is 0 Å². The largest absolute Gasteiger partial charge is 0.496 e. The molecule has 0 aromatic heterocycles. The van der Waals surface area contributed by atoms with Crippen molar-refractivity contribution in [3.8, 4) is 5.75 Å². The molecule has 0 aliphatic carbocycles. The maximum absolute atomic E-state index is 5.65. The summed E-state index contributed by atoms with van der Waals surface area (Å²) in [5, 5.41) is 0. The lowest BCUT2D eigenvalue weighted by atomic mass is 10.0. The summed E-state index contributed by atoms with van der Waals surface area (Å²) in [7, 11) is 1.28. The van der Waals surface area contributed by atoms with Gasteiger partial charge in [-0.25, -0.2) is 0 Å². The van der Waals surface area contributed by atoms with E-state index in [-0.39, 0.29) is 0 Å². The highest BCUT2D eigenvalue weighted by Crippen LogP contribution is 2.26. The molecule has 0 radical (unpaired) electrons. The Hall–Kier alpha value is -1.58. The van der Waals surface area contributed by atoms with Crippen molar-refractivity contribution in [2.75, 3.05) is 13.7 Å². The van der Waals surface area contributed by atoms with Crippen molar-refractivity contribution < 1.29 is 9.16 Å². The molecule has 2 nitrogen and oxygen atoms in total. The van der Waals surface area contributed by atoms with Gasteiger partial charge in [0.25, 0.3) is 0 Å². The first-order valence-corrected chi connectivity index (χ1v) is 8.69. The van der Waals surface area contributed by atoms with E-state index in [0.29, 0.717) is 0 Å². The molecule has 0 saturated heterocycles. The second kappa shape index (κ2) is 7.87. The molecule has 0 unspecified atom stereocenters. The van der Waals surface area contributed by atoms with Crippen LogP contribution in [0, 0.1) is 0 Å². The molecule has 0 N–H and O–H groups in total. The second-order valence-corrected chi connectivity index (χ2v) is 6.04. The maximum atomic E-state index is 5.65. The van der Waals surface area contributed by atoms with Gasteiger partial charge in [0.05, 0.1) is 7.11 Å². The van der Waals surface area contributed by atoms with Crippen LogP contribution in [0.15, 0.2) is 48.5 Å². The third kappa shape index (κ3) is 3.95. The molecule has 106 valence electrons. The average molecular weight is 286 g/mol. The minimum absolute atomic E-state index is 0.484. The molecule has 2 rings (SSSR count). The highest BCUT2D eigenvalue weighted by atomic mass is 28.2. The van der Waals surface area contributed by atoms with E-state index in [1.165, 1.54) is 16.7 Å². The van der Waals surface area contributed by atoms with Gasteiger partial charge in [0.15, 0.2) is 9.76 Å². The molecule has 0 heterocycles. The minimum atomic E-state index is -0.484. The highest BCUT2D eigenvalue weighted by Gasteiger charge is 2.09. The third-order valence-electron chi connectivity index (χ3n) is 3.34. The molecule has 0 aliphatic rings. The van der Waals surface area contributed by atoms with Crippen LogP contribution in [-0.2, 0) is 16.9 Å². The van der Waals surface area contributed by atoms with Gasteiger partial charge in [0, 0.05) is 13.0 Å². The van der Waals surface area contributed by atoms with Crippen LogP contribution in [0.4, 0.5) is 0 Å². The van der Waals surface area contributed by atoms with Crippen LogP contribution >= 0.6 is 0 Å². The van der Waals surface area contributed by atoms with Gasteiger partial charge in [0.2, 0.25) is 0 Å². The smallest absolute Gasteiger partial charge is 0.165 e. The van der Waals surface area contributed by atoms with Gasteiger partial charge in [-0.1, -0.05) is 48.5 Å². The SMILES string of the molecule is CCO[SiH2]Cc1cccc(Cc2ccccc2)c1OC. The molecule has 0 fully saturated rings.